The Balaban J connectivity index is 1.81. The first-order valence-corrected chi connectivity index (χ1v) is 11.7. The van der Waals surface area contributed by atoms with Crippen molar-refractivity contribution in [2.45, 2.75) is 55.2 Å². The molecule has 1 N–H and O–H groups in total. The predicted octanol–water partition coefficient (Wildman–Crippen LogP) is 1.37. The van der Waals surface area contributed by atoms with Gasteiger partial charge in [0.1, 0.15) is 6.04 Å². The second kappa shape index (κ2) is 8.38. The third-order valence-electron chi connectivity index (χ3n) is 6.56. The fourth-order valence-corrected chi connectivity index (χ4v) is 7.22. The zero-order chi connectivity index (χ0) is 21.5. The van der Waals surface area contributed by atoms with Crippen LogP contribution in [0.4, 0.5) is 0 Å². The first kappa shape index (κ1) is 21.4. The summed E-state index contributed by atoms with van der Waals surface area (Å²) in [4.78, 5) is 43.8. The Morgan fingerprint density at radius 2 is 2.07 bits per heavy atom. The molecular weight excluding hydrogens is 404 g/mol. The number of hydrogen-bond acceptors (Lipinski definition) is 6. The minimum Gasteiger partial charge on any atom is -0.465 e. The van der Waals surface area contributed by atoms with E-state index in [9.17, 15) is 19.5 Å². The second-order valence-electron chi connectivity index (χ2n) is 8.68. The molecule has 1 spiro atoms. The van der Waals surface area contributed by atoms with Crippen molar-refractivity contribution in [2.24, 2.45) is 11.8 Å². The zero-order valence-corrected chi connectivity index (χ0v) is 18.3. The molecule has 30 heavy (non-hydrogen) atoms. The van der Waals surface area contributed by atoms with Gasteiger partial charge in [0, 0.05) is 31.0 Å². The van der Waals surface area contributed by atoms with Gasteiger partial charge in [-0.05, 0) is 33.1 Å². The van der Waals surface area contributed by atoms with Crippen molar-refractivity contribution in [3.05, 3.63) is 24.3 Å². The van der Waals surface area contributed by atoms with Gasteiger partial charge in [-0.2, -0.15) is 0 Å². The number of allylic oxidation sites excluding steroid dienone is 1. The molecule has 164 valence electrons. The largest absolute Gasteiger partial charge is 0.465 e. The molecule has 2 saturated heterocycles. The number of aliphatic hydroxyl groups is 1. The lowest BCUT2D eigenvalue weighted by molar-refractivity contribution is -0.153. The van der Waals surface area contributed by atoms with E-state index < -0.39 is 22.6 Å². The number of carbonyl (C=O) groups excluding carboxylic acids is 3. The summed E-state index contributed by atoms with van der Waals surface area (Å²) in [5.74, 6) is -1.86. The number of aliphatic hydroxyl groups excluding tert-OH is 1. The van der Waals surface area contributed by atoms with Gasteiger partial charge >= 0.3 is 5.97 Å². The van der Waals surface area contributed by atoms with E-state index >= 15 is 0 Å². The highest BCUT2D eigenvalue weighted by atomic mass is 32.2. The first-order chi connectivity index (χ1) is 14.4. The van der Waals surface area contributed by atoms with Gasteiger partial charge in [0.2, 0.25) is 11.8 Å². The van der Waals surface area contributed by atoms with Crippen LogP contribution in [0.2, 0.25) is 0 Å². The molecule has 8 heteroatoms. The highest BCUT2D eigenvalue weighted by Crippen LogP contribution is 2.60. The van der Waals surface area contributed by atoms with Gasteiger partial charge in [-0.15, -0.1) is 11.8 Å². The number of ether oxygens (including phenoxy) is 1. The zero-order valence-electron chi connectivity index (χ0n) is 17.5. The van der Waals surface area contributed by atoms with Crippen LogP contribution in [0.5, 0.6) is 0 Å². The van der Waals surface area contributed by atoms with Crippen LogP contribution in [0.1, 0.15) is 33.1 Å². The highest BCUT2D eigenvalue weighted by molar-refractivity contribution is 8.02. The summed E-state index contributed by atoms with van der Waals surface area (Å²) in [5, 5.41) is 9.17. The second-order valence-corrected chi connectivity index (χ2v) is 10.2. The molecule has 5 atom stereocenters. The third kappa shape index (κ3) is 3.28. The van der Waals surface area contributed by atoms with Gasteiger partial charge in [-0.1, -0.05) is 24.3 Å². The van der Waals surface area contributed by atoms with E-state index in [0.29, 0.717) is 26.1 Å². The average Bonchev–Trinajstić information content (AvgIpc) is 3.11. The summed E-state index contributed by atoms with van der Waals surface area (Å²) < 4.78 is 4.72. The molecule has 4 rings (SSSR count). The van der Waals surface area contributed by atoms with Crippen molar-refractivity contribution in [3.8, 4) is 0 Å². The number of carbonyl (C=O) groups is 3. The fourth-order valence-electron chi connectivity index (χ4n) is 5.22. The maximum atomic E-state index is 13.7. The maximum absolute atomic E-state index is 13.7. The molecule has 1 unspecified atom stereocenters. The lowest BCUT2D eigenvalue weighted by Crippen LogP contribution is -2.54. The van der Waals surface area contributed by atoms with E-state index in [1.54, 1.807) is 21.6 Å². The molecule has 0 aromatic carbocycles. The van der Waals surface area contributed by atoms with Crippen molar-refractivity contribution in [3.63, 3.8) is 0 Å². The Hall–Kier alpha value is -1.80. The number of hydrogen-bond donors (Lipinski definition) is 1. The Morgan fingerprint density at radius 3 is 2.80 bits per heavy atom. The SMILES string of the molecule is CC(C)N1CC=C[C@]23S[C@@H]4/C=C\CCCOC(=O)[C@@H]4[C@H]2C(=O)N(CCCO)C3C1=O. The number of likely N-dealkylation sites (tertiary alicyclic amines) is 1. The molecule has 4 heterocycles. The molecule has 2 fully saturated rings. The molecule has 0 aromatic heterocycles. The van der Waals surface area contributed by atoms with Crippen molar-refractivity contribution in [1.82, 2.24) is 9.80 Å². The van der Waals surface area contributed by atoms with Gasteiger partial charge in [0.05, 0.1) is 23.2 Å². The van der Waals surface area contributed by atoms with E-state index in [-0.39, 0.29) is 35.7 Å². The van der Waals surface area contributed by atoms with Crippen LogP contribution in [-0.2, 0) is 19.1 Å². The van der Waals surface area contributed by atoms with Crippen molar-refractivity contribution >= 4 is 29.5 Å². The topological polar surface area (TPSA) is 87.2 Å². The van der Waals surface area contributed by atoms with E-state index in [4.69, 9.17) is 4.74 Å². The number of cyclic esters (lactones) is 1. The molecule has 2 amide bonds. The van der Waals surface area contributed by atoms with Crippen molar-refractivity contribution in [1.29, 1.82) is 0 Å². The van der Waals surface area contributed by atoms with Crippen LogP contribution in [0.3, 0.4) is 0 Å². The Morgan fingerprint density at radius 1 is 1.27 bits per heavy atom. The predicted molar refractivity (Wildman–Crippen MR) is 114 cm³/mol. The van der Waals surface area contributed by atoms with E-state index in [1.807, 2.05) is 32.1 Å². The molecular formula is C22H30N2O5S. The molecule has 0 radical (unpaired) electrons. The fraction of sp³-hybridized carbons (Fsp3) is 0.682. The minimum absolute atomic E-state index is 0.000372. The molecule has 0 aromatic rings. The lowest BCUT2D eigenvalue weighted by atomic mass is 9.78. The smallest absolute Gasteiger partial charge is 0.311 e. The van der Waals surface area contributed by atoms with Crippen LogP contribution in [0, 0.1) is 11.8 Å². The summed E-state index contributed by atoms with van der Waals surface area (Å²) in [7, 11) is 0. The summed E-state index contributed by atoms with van der Waals surface area (Å²) in [6, 6.07) is -0.677. The van der Waals surface area contributed by atoms with Gasteiger partial charge in [0.15, 0.2) is 0 Å². The van der Waals surface area contributed by atoms with Crippen LogP contribution in [-0.4, -0.2) is 81.1 Å². The molecule has 0 aliphatic carbocycles. The van der Waals surface area contributed by atoms with E-state index in [0.717, 1.165) is 12.8 Å². The number of nitrogens with zero attached hydrogens (tertiary/aromatic N) is 2. The Bertz CT molecular complexity index is 781. The standard InChI is InChI=1S/C22H30N2O5S/c1-14(2)23-10-6-9-22-17(19(26)24(11-7-12-25)18(22)20(23)27)16-15(30-22)8-4-3-5-13-29-21(16)28/h4,6,8-9,14-18,25H,3,5,7,10-13H2,1-2H3/b8-4-/t15-,16+,17+,18?,22+/m1/s1. The summed E-state index contributed by atoms with van der Waals surface area (Å²) in [6.07, 6.45) is 10.1. The van der Waals surface area contributed by atoms with Crippen molar-refractivity contribution in [2.75, 3.05) is 26.3 Å². The van der Waals surface area contributed by atoms with Crippen molar-refractivity contribution < 1.29 is 24.2 Å². The Kier molecular flexibility index (Phi) is 5.99. The number of rotatable bonds is 4. The quantitative estimate of drug-likeness (QED) is 0.531. The third-order valence-corrected chi connectivity index (χ3v) is 8.31. The molecule has 0 saturated carbocycles. The molecule has 4 aliphatic rings. The van der Waals surface area contributed by atoms with Gasteiger partial charge in [0.25, 0.3) is 0 Å². The number of esters is 1. The molecule has 0 bridgehead atoms. The van der Waals surface area contributed by atoms with E-state index in [1.165, 1.54) is 0 Å². The van der Waals surface area contributed by atoms with Crippen LogP contribution in [0.25, 0.3) is 0 Å². The van der Waals surface area contributed by atoms with Gasteiger partial charge in [-0.3, -0.25) is 14.4 Å². The van der Waals surface area contributed by atoms with Crippen LogP contribution >= 0.6 is 11.8 Å². The number of fused-ring (bicyclic) bond motifs is 2. The number of thioether (sulfide) groups is 1. The summed E-state index contributed by atoms with van der Waals surface area (Å²) in [6.45, 7) is 5.01. The Labute approximate surface area is 181 Å². The summed E-state index contributed by atoms with van der Waals surface area (Å²) in [5.41, 5.74) is 0. The first-order valence-electron chi connectivity index (χ1n) is 10.8. The molecule has 7 nitrogen and oxygen atoms in total. The average molecular weight is 435 g/mol. The normalized spacial score (nSPS) is 37.1. The highest BCUT2D eigenvalue weighted by Gasteiger charge is 2.70. The van der Waals surface area contributed by atoms with Gasteiger partial charge in [-0.25, -0.2) is 0 Å². The molecule has 4 aliphatic heterocycles. The number of amides is 2. The lowest BCUT2D eigenvalue weighted by Gasteiger charge is -2.36. The van der Waals surface area contributed by atoms with Gasteiger partial charge < -0.3 is 19.6 Å². The van der Waals surface area contributed by atoms with Crippen LogP contribution < -0.4 is 0 Å². The summed E-state index contributed by atoms with van der Waals surface area (Å²) >= 11 is 1.56. The van der Waals surface area contributed by atoms with E-state index in [2.05, 4.69) is 6.08 Å². The minimum atomic E-state index is -0.800. The van der Waals surface area contributed by atoms with Crippen LogP contribution in [0.15, 0.2) is 24.3 Å². The monoisotopic (exact) mass is 434 g/mol. The maximum Gasteiger partial charge on any atom is 0.311 e.